The molecule has 0 atom stereocenters. The van der Waals surface area contributed by atoms with Crippen molar-refractivity contribution in [1.29, 1.82) is 0 Å². The third-order valence-corrected chi connectivity index (χ3v) is 3.38. The van der Waals surface area contributed by atoms with Gasteiger partial charge in [0.2, 0.25) is 0 Å². The molecule has 0 unspecified atom stereocenters. The van der Waals surface area contributed by atoms with Crippen LogP contribution < -0.4 is 5.32 Å². The van der Waals surface area contributed by atoms with E-state index in [4.69, 9.17) is 4.42 Å². The number of fused-ring (bicyclic) bond motifs is 1. The Morgan fingerprint density at radius 1 is 1.22 bits per heavy atom. The van der Waals surface area contributed by atoms with Gasteiger partial charge < -0.3 is 14.8 Å². The first kappa shape index (κ1) is 15.2. The molecular formula is C18H19N3O2. The summed E-state index contributed by atoms with van der Waals surface area (Å²) in [6.07, 6.45) is 5.25. The average Bonchev–Trinajstić information content (AvgIpc) is 3.05. The summed E-state index contributed by atoms with van der Waals surface area (Å²) in [4.78, 5) is 9.08. The number of rotatable bonds is 4. The second kappa shape index (κ2) is 5.85. The van der Waals surface area contributed by atoms with Gasteiger partial charge in [-0.2, -0.15) is 0 Å². The molecule has 3 rings (SSSR count). The maximum absolute atomic E-state index is 9.80. The number of hydrogen-bond acceptors (Lipinski definition) is 5. The van der Waals surface area contributed by atoms with Crippen molar-refractivity contribution in [2.24, 2.45) is 0 Å². The van der Waals surface area contributed by atoms with Gasteiger partial charge in [-0.25, -0.2) is 9.97 Å². The van der Waals surface area contributed by atoms with E-state index in [2.05, 4.69) is 15.3 Å². The van der Waals surface area contributed by atoms with Gasteiger partial charge in [0.1, 0.15) is 5.82 Å². The molecule has 118 valence electrons. The lowest BCUT2D eigenvalue weighted by molar-refractivity contribution is 0.134. The van der Waals surface area contributed by atoms with E-state index < -0.39 is 5.60 Å². The van der Waals surface area contributed by atoms with Gasteiger partial charge in [0, 0.05) is 12.4 Å². The van der Waals surface area contributed by atoms with E-state index in [1.54, 1.807) is 26.2 Å². The van der Waals surface area contributed by atoms with Crippen LogP contribution in [0.1, 0.15) is 19.4 Å². The number of aromatic nitrogens is 2. The molecule has 0 fully saturated rings. The highest BCUT2D eigenvalue weighted by atomic mass is 16.3. The summed E-state index contributed by atoms with van der Waals surface area (Å²) < 4.78 is 5.38. The first-order valence-electron chi connectivity index (χ1n) is 7.41. The number of nitrogens with one attached hydrogen (secondary N) is 1. The minimum atomic E-state index is -0.847. The topological polar surface area (TPSA) is 71.2 Å². The Labute approximate surface area is 134 Å². The van der Waals surface area contributed by atoms with Crippen LogP contribution in [0.4, 0.5) is 5.82 Å². The number of aliphatic hydroxyl groups is 1. The van der Waals surface area contributed by atoms with E-state index >= 15 is 0 Å². The number of anilines is 1. The molecule has 0 aliphatic rings. The number of hydrogen-bond donors (Lipinski definition) is 2. The second-order valence-electron chi connectivity index (χ2n) is 5.89. The van der Waals surface area contributed by atoms with Gasteiger partial charge in [0.25, 0.3) is 0 Å². The zero-order valence-electron chi connectivity index (χ0n) is 13.4. The molecule has 0 bridgehead atoms. The highest BCUT2D eigenvalue weighted by molar-refractivity contribution is 5.92. The average molecular weight is 309 g/mol. The van der Waals surface area contributed by atoms with E-state index in [0.29, 0.717) is 11.6 Å². The Kier molecular flexibility index (Phi) is 3.88. The van der Waals surface area contributed by atoms with Crippen LogP contribution in [0.2, 0.25) is 0 Å². The molecular weight excluding hydrogens is 290 g/mol. The minimum absolute atomic E-state index is 0.548. The second-order valence-corrected chi connectivity index (χ2v) is 5.89. The van der Waals surface area contributed by atoms with Crippen LogP contribution in [-0.2, 0) is 0 Å². The molecule has 0 radical (unpaired) electrons. The molecule has 0 aliphatic carbocycles. The van der Waals surface area contributed by atoms with Crippen LogP contribution in [0.3, 0.4) is 0 Å². The molecule has 2 N–H and O–H groups in total. The lowest BCUT2D eigenvalue weighted by Gasteiger charge is -2.11. The molecule has 0 saturated carbocycles. The predicted molar refractivity (Wildman–Crippen MR) is 92.1 cm³/mol. The monoisotopic (exact) mass is 309 g/mol. The summed E-state index contributed by atoms with van der Waals surface area (Å²) in [5.74, 6) is 1.92. The van der Waals surface area contributed by atoms with Crippen molar-refractivity contribution in [2.75, 3.05) is 12.4 Å². The van der Waals surface area contributed by atoms with Crippen LogP contribution in [-0.4, -0.2) is 27.7 Å². The van der Waals surface area contributed by atoms with Gasteiger partial charge in [-0.1, -0.05) is 18.2 Å². The molecule has 2 heterocycles. The maximum Gasteiger partial charge on any atom is 0.198 e. The molecule has 5 heteroatoms. The van der Waals surface area contributed by atoms with Crippen molar-refractivity contribution in [3.63, 3.8) is 0 Å². The van der Waals surface area contributed by atoms with Crippen molar-refractivity contribution in [3.05, 3.63) is 48.2 Å². The van der Waals surface area contributed by atoms with E-state index in [-0.39, 0.29) is 0 Å². The van der Waals surface area contributed by atoms with Gasteiger partial charge in [0.15, 0.2) is 11.6 Å². The SMILES string of the molecule is CNc1nc(-c2ccco2)nc2ccc(/C=C/C(C)(C)O)cc12. The Hall–Kier alpha value is -2.66. The van der Waals surface area contributed by atoms with Crippen LogP contribution in [0.25, 0.3) is 28.6 Å². The maximum atomic E-state index is 9.80. The third kappa shape index (κ3) is 3.40. The fraction of sp³-hybridized carbons (Fsp3) is 0.222. The molecule has 0 amide bonds. The molecule has 0 spiro atoms. The Balaban J connectivity index is 2.09. The number of furan rings is 1. The molecule has 3 aromatic rings. The lowest BCUT2D eigenvalue weighted by Crippen LogP contribution is -2.13. The summed E-state index contributed by atoms with van der Waals surface area (Å²) in [7, 11) is 1.83. The summed E-state index contributed by atoms with van der Waals surface area (Å²) in [6, 6.07) is 9.54. The Morgan fingerprint density at radius 2 is 2.04 bits per heavy atom. The highest BCUT2D eigenvalue weighted by Crippen LogP contribution is 2.26. The Bertz CT molecular complexity index is 847. The first-order valence-corrected chi connectivity index (χ1v) is 7.41. The van der Waals surface area contributed by atoms with Gasteiger partial charge in [-0.3, -0.25) is 0 Å². The van der Waals surface area contributed by atoms with E-state index in [1.165, 1.54) is 0 Å². The first-order chi connectivity index (χ1) is 11.0. The van der Waals surface area contributed by atoms with Crippen LogP contribution in [0.5, 0.6) is 0 Å². The standard InChI is InChI=1S/C18H19N3O2/c1-18(2,22)9-8-12-6-7-14-13(11-12)16(19-3)21-17(20-14)15-5-4-10-23-15/h4-11,22H,1-3H3,(H,19,20,21)/b9-8+. The van der Waals surface area contributed by atoms with E-state index in [1.807, 2.05) is 43.5 Å². The molecule has 23 heavy (non-hydrogen) atoms. The zero-order valence-corrected chi connectivity index (χ0v) is 13.4. The quantitative estimate of drug-likeness (QED) is 0.768. The van der Waals surface area contributed by atoms with Crippen LogP contribution in [0.15, 0.2) is 47.1 Å². The van der Waals surface area contributed by atoms with Crippen molar-refractivity contribution in [2.45, 2.75) is 19.4 Å². The molecule has 0 aliphatic heterocycles. The van der Waals surface area contributed by atoms with Crippen LogP contribution >= 0.6 is 0 Å². The number of nitrogens with zero attached hydrogens (tertiary/aromatic N) is 2. The minimum Gasteiger partial charge on any atom is -0.461 e. The van der Waals surface area contributed by atoms with Gasteiger partial charge in [-0.15, -0.1) is 0 Å². The third-order valence-electron chi connectivity index (χ3n) is 3.38. The highest BCUT2D eigenvalue weighted by Gasteiger charge is 2.11. The normalized spacial score (nSPS) is 12.2. The van der Waals surface area contributed by atoms with Gasteiger partial charge >= 0.3 is 0 Å². The van der Waals surface area contributed by atoms with Crippen molar-refractivity contribution in [3.8, 4) is 11.6 Å². The van der Waals surface area contributed by atoms with Crippen LogP contribution in [0, 0.1) is 0 Å². The fourth-order valence-corrected chi connectivity index (χ4v) is 2.26. The van der Waals surface area contributed by atoms with Crippen molar-refractivity contribution < 1.29 is 9.52 Å². The molecule has 0 saturated heterocycles. The Morgan fingerprint density at radius 3 is 2.70 bits per heavy atom. The van der Waals surface area contributed by atoms with Gasteiger partial charge in [-0.05, 0) is 43.7 Å². The lowest BCUT2D eigenvalue weighted by atomic mass is 10.1. The van der Waals surface area contributed by atoms with Crippen molar-refractivity contribution >= 4 is 22.8 Å². The fourth-order valence-electron chi connectivity index (χ4n) is 2.26. The largest absolute Gasteiger partial charge is 0.461 e. The zero-order chi connectivity index (χ0) is 16.4. The van der Waals surface area contributed by atoms with Gasteiger partial charge in [0.05, 0.1) is 17.4 Å². The smallest absolute Gasteiger partial charge is 0.198 e. The predicted octanol–water partition coefficient (Wildman–Crippen LogP) is 3.72. The van der Waals surface area contributed by atoms with E-state index in [0.717, 1.165) is 22.3 Å². The molecule has 5 nitrogen and oxygen atoms in total. The van der Waals surface area contributed by atoms with Crippen molar-refractivity contribution in [1.82, 2.24) is 9.97 Å². The summed E-state index contributed by atoms with van der Waals surface area (Å²) >= 11 is 0. The summed E-state index contributed by atoms with van der Waals surface area (Å²) in [5.41, 5.74) is 0.960. The summed E-state index contributed by atoms with van der Waals surface area (Å²) in [5, 5.41) is 13.8. The molecule has 1 aromatic carbocycles. The molecule has 2 aromatic heterocycles. The van der Waals surface area contributed by atoms with E-state index in [9.17, 15) is 5.11 Å². The number of benzene rings is 1. The summed E-state index contributed by atoms with van der Waals surface area (Å²) in [6.45, 7) is 3.48.